The number of rotatable bonds is 5. The highest BCUT2D eigenvalue weighted by Gasteiger charge is 2.32. The number of para-hydroxylation sites is 2. The number of nitrogens with one attached hydrogen (secondary N) is 1. The van der Waals surface area contributed by atoms with Crippen molar-refractivity contribution in [1.82, 2.24) is 0 Å². The van der Waals surface area contributed by atoms with Crippen LogP contribution >= 0.6 is 0 Å². The summed E-state index contributed by atoms with van der Waals surface area (Å²) < 4.78 is 45.6. The average molecular weight is 301 g/mol. The van der Waals surface area contributed by atoms with Gasteiger partial charge >= 0.3 is 12.3 Å². The lowest BCUT2D eigenvalue weighted by atomic mass is 10.3. The maximum Gasteiger partial charge on any atom is 0.573 e. The number of carboxylic acid groups (broad SMARTS) is 1. The number of carboxylic acids is 1. The van der Waals surface area contributed by atoms with Gasteiger partial charge in [-0.1, -0.05) is 12.1 Å². The molecule has 0 bridgehead atoms. The van der Waals surface area contributed by atoms with Crippen LogP contribution in [0.25, 0.3) is 0 Å². The zero-order valence-electron chi connectivity index (χ0n) is 10.5. The van der Waals surface area contributed by atoms with E-state index < -0.39 is 12.3 Å². The summed E-state index contributed by atoms with van der Waals surface area (Å²) in [6, 6.07) is 8.20. The Bertz CT molecular complexity index is 636. The van der Waals surface area contributed by atoms with E-state index in [1.165, 1.54) is 36.4 Å². The average Bonchev–Trinajstić information content (AvgIpc) is 2.85. The van der Waals surface area contributed by atoms with Crippen LogP contribution < -0.4 is 10.1 Å². The number of alkyl halides is 3. The molecule has 0 radical (unpaired) electrons. The molecule has 0 aliphatic rings. The molecule has 112 valence electrons. The minimum absolute atomic E-state index is 0.0194. The van der Waals surface area contributed by atoms with Gasteiger partial charge in [0.05, 0.1) is 12.2 Å². The van der Waals surface area contributed by atoms with Gasteiger partial charge in [0.25, 0.3) is 0 Å². The predicted octanol–water partition coefficient (Wildman–Crippen LogP) is 3.49. The van der Waals surface area contributed by atoms with Gasteiger partial charge in [-0.05, 0) is 24.3 Å². The quantitative estimate of drug-likeness (QED) is 0.884. The zero-order chi connectivity index (χ0) is 15.5. The Hall–Kier alpha value is -2.64. The van der Waals surface area contributed by atoms with Crippen molar-refractivity contribution >= 4 is 11.7 Å². The van der Waals surface area contributed by atoms with E-state index in [-0.39, 0.29) is 29.5 Å². The van der Waals surface area contributed by atoms with E-state index in [1.54, 1.807) is 0 Å². The Labute approximate surface area is 116 Å². The van der Waals surface area contributed by atoms with Crippen LogP contribution in [-0.2, 0) is 6.54 Å². The largest absolute Gasteiger partial charge is 0.573 e. The summed E-state index contributed by atoms with van der Waals surface area (Å²) in [5.41, 5.74) is 0.114. The molecule has 0 aliphatic heterocycles. The summed E-state index contributed by atoms with van der Waals surface area (Å²) in [6.07, 6.45) is -4.79. The number of benzene rings is 1. The number of hydrogen-bond acceptors (Lipinski definition) is 4. The fourth-order valence-electron chi connectivity index (χ4n) is 1.60. The first-order valence-electron chi connectivity index (χ1n) is 5.76. The molecular formula is C13H10F3NO4. The highest BCUT2D eigenvalue weighted by Crippen LogP contribution is 2.30. The second-order valence-corrected chi connectivity index (χ2v) is 3.97. The van der Waals surface area contributed by atoms with Crippen molar-refractivity contribution in [3.05, 3.63) is 47.9 Å². The topological polar surface area (TPSA) is 71.7 Å². The molecule has 0 fully saturated rings. The van der Waals surface area contributed by atoms with Gasteiger partial charge in [0.1, 0.15) is 5.76 Å². The molecule has 1 heterocycles. The van der Waals surface area contributed by atoms with Crippen molar-refractivity contribution in [2.24, 2.45) is 0 Å². The first-order valence-corrected chi connectivity index (χ1v) is 5.76. The second-order valence-electron chi connectivity index (χ2n) is 3.97. The van der Waals surface area contributed by atoms with Gasteiger partial charge in [-0.2, -0.15) is 0 Å². The summed E-state index contributed by atoms with van der Waals surface area (Å²) in [4.78, 5) is 10.6. The minimum Gasteiger partial charge on any atom is -0.475 e. The van der Waals surface area contributed by atoms with Crippen LogP contribution in [0.4, 0.5) is 18.9 Å². The van der Waals surface area contributed by atoms with E-state index in [2.05, 4.69) is 10.1 Å². The third-order valence-corrected chi connectivity index (χ3v) is 2.44. The Balaban J connectivity index is 2.07. The van der Waals surface area contributed by atoms with Gasteiger partial charge in [0.15, 0.2) is 5.75 Å². The minimum atomic E-state index is -4.79. The first kappa shape index (κ1) is 14.8. The fraction of sp³-hybridized carbons (Fsp3) is 0.154. The summed E-state index contributed by atoms with van der Waals surface area (Å²) in [5.74, 6) is -1.57. The summed E-state index contributed by atoms with van der Waals surface area (Å²) >= 11 is 0. The van der Waals surface area contributed by atoms with E-state index >= 15 is 0 Å². The molecule has 0 amide bonds. The van der Waals surface area contributed by atoms with E-state index in [4.69, 9.17) is 9.52 Å². The number of anilines is 1. The fourth-order valence-corrected chi connectivity index (χ4v) is 1.60. The van der Waals surface area contributed by atoms with E-state index in [0.29, 0.717) is 0 Å². The van der Waals surface area contributed by atoms with Crippen molar-refractivity contribution in [1.29, 1.82) is 0 Å². The van der Waals surface area contributed by atoms with Gasteiger partial charge in [0.2, 0.25) is 5.76 Å². The van der Waals surface area contributed by atoms with Crippen LogP contribution in [-0.4, -0.2) is 17.4 Å². The normalized spacial score (nSPS) is 11.2. The van der Waals surface area contributed by atoms with Gasteiger partial charge in [-0.25, -0.2) is 4.79 Å². The molecule has 21 heavy (non-hydrogen) atoms. The molecule has 0 unspecified atom stereocenters. The highest BCUT2D eigenvalue weighted by molar-refractivity contribution is 5.84. The van der Waals surface area contributed by atoms with E-state index in [9.17, 15) is 18.0 Å². The predicted molar refractivity (Wildman–Crippen MR) is 66.1 cm³/mol. The van der Waals surface area contributed by atoms with Crippen molar-refractivity contribution in [2.75, 3.05) is 5.32 Å². The van der Waals surface area contributed by atoms with Crippen molar-refractivity contribution < 1.29 is 32.2 Å². The van der Waals surface area contributed by atoms with Gasteiger partial charge in [-0.3, -0.25) is 0 Å². The third kappa shape index (κ3) is 4.16. The van der Waals surface area contributed by atoms with Crippen molar-refractivity contribution in [2.45, 2.75) is 12.9 Å². The summed E-state index contributed by atoms with van der Waals surface area (Å²) in [5, 5.41) is 11.4. The molecule has 2 N–H and O–H groups in total. The van der Waals surface area contributed by atoms with Crippen LogP contribution in [0.1, 0.15) is 16.3 Å². The maximum absolute atomic E-state index is 12.2. The lowest BCUT2D eigenvalue weighted by molar-refractivity contribution is -0.274. The molecule has 2 rings (SSSR count). The molecule has 2 aromatic rings. The Morgan fingerprint density at radius 2 is 1.95 bits per heavy atom. The Morgan fingerprint density at radius 1 is 1.24 bits per heavy atom. The lowest BCUT2D eigenvalue weighted by Crippen LogP contribution is -2.18. The number of hydrogen-bond donors (Lipinski definition) is 2. The molecule has 8 heteroatoms. The monoisotopic (exact) mass is 301 g/mol. The molecule has 1 aromatic carbocycles. The Morgan fingerprint density at radius 3 is 2.57 bits per heavy atom. The number of carbonyl (C=O) groups is 1. The van der Waals surface area contributed by atoms with Crippen molar-refractivity contribution in [3.63, 3.8) is 0 Å². The number of furan rings is 1. The zero-order valence-corrected chi connectivity index (χ0v) is 10.5. The number of ether oxygens (including phenoxy) is 1. The van der Waals surface area contributed by atoms with E-state index in [0.717, 1.165) is 0 Å². The molecule has 0 aliphatic carbocycles. The maximum atomic E-state index is 12.2. The Kier molecular flexibility index (Phi) is 4.06. The molecule has 5 nitrogen and oxygen atoms in total. The number of halogens is 3. The molecular weight excluding hydrogens is 291 g/mol. The van der Waals surface area contributed by atoms with E-state index in [1.807, 2.05) is 0 Å². The highest BCUT2D eigenvalue weighted by atomic mass is 19.4. The molecule has 1 aromatic heterocycles. The first-order chi connectivity index (χ1) is 9.85. The third-order valence-electron chi connectivity index (χ3n) is 2.44. The molecule has 0 saturated carbocycles. The van der Waals surface area contributed by atoms with Gasteiger partial charge in [0, 0.05) is 0 Å². The van der Waals surface area contributed by atoms with Gasteiger partial charge < -0.3 is 19.6 Å². The summed E-state index contributed by atoms with van der Waals surface area (Å²) in [6.45, 7) is 0.0194. The smallest absolute Gasteiger partial charge is 0.475 e. The van der Waals surface area contributed by atoms with Crippen LogP contribution in [0.3, 0.4) is 0 Å². The summed E-state index contributed by atoms with van der Waals surface area (Å²) in [7, 11) is 0. The van der Waals surface area contributed by atoms with Gasteiger partial charge in [-0.15, -0.1) is 13.2 Å². The van der Waals surface area contributed by atoms with Crippen LogP contribution in [0, 0.1) is 0 Å². The number of aromatic carboxylic acids is 1. The molecule has 0 spiro atoms. The second kappa shape index (κ2) is 5.78. The standard InChI is InChI=1S/C13H10F3NO4/c14-13(15,16)21-10-4-2-1-3-9(10)17-7-8-5-6-11(20-8)12(18)19/h1-6,17H,7H2,(H,18,19). The van der Waals surface area contributed by atoms with Crippen molar-refractivity contribution in [3.8, 4) is 5.75 Å². The van der Waals surface area contributed by atoms with Crippen LogP contribution in [0.15, 0.2) is 40.8 Å². The molecule has 0 saturated heterocycles. The van der Waals surface area contributed by atoms with Crippen LogP contribution in [0.5, 0.6) is 5.75 Å². The lowest BCUT2D eigenvalue weighted by Gasteiger charge is -2.13. The molecule has 0 atom stereocenters. The SMILES string of the molecule is O=C(O)c1ccc(CNc2ccccc2OC(F)(F)F)o1. The van der Waals surface area contributed by atoms with Crippen LogP contribution in [0.2, 0.25) is 0 Å².